The molecule has 1 atom stereocenters. The Hall–Kier alpha value is -2.65. The van der Waals surface area contributed by atoms with Crippen molar-refractivity contribution in [3.05, 3.63) is 64.4 Å². The molecule has 0 aliphatic rings. The second-order valence-corrected chi connectivity index (χ2v) is 10.9. The summed E-state index contributed by atoms with van der Waals surface area (Å²) in [5, 5.41) is 2.56. The highest BCUT2D eigenvalue weighted by Gasteiger charge is 2.30. The lowest BCUT2D eigenvalue weighted by Gasteiger charge is -2.32. The molecule has 0 saturated carbocycles. The zero-order valence-corrected chi connectivity index (χ0v) is 21.6. The number of carbonyl (C=O) groups is 2. The van der Waals surface area contributed by atoms with Gasteiger partial charge in [0.15, 0.2) is 0 Å². The molecule has 0 spiro atoms. The lowest BCUT2D eigenvalue weighted by atomic mass is 10.1. The average Bonchev–Trinajstić information content (AvgIpc) is 2.75. The summed E-state index contributed by atoms with van der Waals surface area (Å²) < 4.78 is 39.5. The molecule has 0 aromatic heterocycles. The number of sulfonamides is 1. The first-order chi connectivity index (χ1) is 15.8. The lowest BCUT2D eigenvalue weighted by molar-refractivity contribution is -0.139. The third-order valence-electron chi connectivity index (χ3n) is 5.32. The van der Waals surface area contributed by atoms with Crippen LogP contribution < -0.4 is 9.62 Å². The van der Waals surface area contributed by atoms with E-state index in [-0.39, 0.29) is 29.1 Å². The van der Waals surface area contributed by atoms with Crippen LogP contribution in [0.4, 0.5) is 10.1 Å². The molecule has 186 valence electrons. The van der Waals surface area contributed by atoms with Crippen molar-refractivity contribution >= 4 is 39.1 Å². The summed E-state index contributed by atoms with van der Waals surface area (Å²) in [7, 11) is -3.92. The van der Waals surface area contributed by atoms with E-state index < -0.39 is 34.3 Å². The predicted octanol–water partition coefficient (Wildman–Crippen LogP) is 3.74. The minimum Gasteiger partial charge on any atom is -0.354 e. The van der Waals surface area contributed by atoms with Crippen molar-refractivity contribution in [3.8, 4) is 0 Å². The normalized spacial score (nSPS) is 12.4. The number of hydrogen-bond donors (Lipinski definition) is 1. The summed E-state index contributed by atoms with van der Waals surface area (Å²) in [6.45, 7) is 7.39. The van der Waals surface area contributed by atoms with Gasteiger partial charge in [-0.05, 0) is 49.1 Å². The zero-order valence-electron chi connectivity index (χ0n) is 20.0. The van der Waals surface area contributed by atoms with E-state index in [1.54, 1.807) is 6.92 Å². The third kappa shape index (κ3) is 7.43. The van der Waals surface area contributed by atoms with Gasteiger partial charge < -0.3 is 10.2 Å². The van der Waals surface area contributed by atoms with Gasteiger partial charge >= 0.3 is 0 Å². The van der Waals surface area contributed by atoms with Gasteiger partial charge in [0.25, 0.3) is 0 Å². The molecule has 7 nitrogen and oxygen atoms in total. The van der Waals surface area contributed by atoms with Gasteiger partial charge in [-0.2, -0.15) is 0 Å². The Labute approximate surface area is 205 Å². The second kappa shape index (κ2) is 11.7. The van der Waals surface area contributed by atoms with Gasteiger partial charge in [0, 0.05) is 13.1 Å². The maximum Gasteiger partial charge on any atom is 0.244 e. The van der Waals surface area contributed by atoms with Crippen LogP contribution in [0.1, 0.15) is 31.9 Å². The average molecular weight is 512 g/mol. The van der Waals surface area contributed by atoms with Crippen molar-refractivity contribution in [2.45, 2.75) is 40.3 Å². The number of rotatable bonds is 10. The van der Waals surface area contributed by atoms with Crippen molar-refractivity contribution in [3.63, 3.8) is 0 Å². The van der Waals surface area contributed by atoms with E-state index in [0.717, 1.165) is 33.8 Å². The number of nitrogens with one attached hydrogen (secondary N) is 1. The monoisotopic (exact) mass is 511 g/mol. The van der Waals surface area contributed by atoms with Crippen LogP contribution in [0.3, 0.4) is 0 Å². The number of amides is 2. The van der Waals surface area contributed by atoms with E-state index >= 15 is 0 Å². The van der Waals surface area contributed by atoms with Crippen LogP contribution in [0.25, 0.3) is 0 Å². The van der Waals surface area contributed by atoms with Crippen LogP contribution >= 0.6 is 11.6 Å². The smallest absolute Gasteiger partial charge is 0.244 e. The minimum absolute atomic E-state index is 0.0509. The highest BCUT2D eigenvalue weighted by atomic mass is 35.5. The predicted molar refractivity (Wildman–Crippen MR) is 133 cm³/mol. The van der Waals surface area contributed by atoms with Crippen LogP contribution in [0.2, 0.25) is 5.02 Å². The van der Waals surface area contributed by atoms with Crippen molar-refractivity contribution < 1.29 is 22.4 Å². The molecule has 2 amide bonds. The summed E-state index contributed by atoms with van der Waals surface area (Å²) >= 11 is 5.84. The molecule has 34 heavy (non-hydrogen) atoms. The summed E-state index contributed by atoms with van der Waals surface area (Å²) in [5.74, 6) is -1.41. The molecule has 1 N–H and O–H groups in total. The highest BCUT2D eigenvalue weighted by molar-refractivity contribution is 7.92. The number of aryl methyl sites for hydroxylation is 1. The van der Waals surface area contributed by atoms with Crippen molar-refractivity contribution in [2.24, 2.45) is 5.92 Å². The van der Waals surface area contributed by atoms with Crippen molar-refractivity contribution in [2.75, 3.05) is 23.7 Å². The first-order valence-corrected chi connectivity index (χ1v) is 13.1. The molecule has 0 fully saturated rings. The van der Waals surface area contributed by atoms with E-state index in [0.29, 0.717) is 6.54 Å². The van der Waals surface area contributed by atoms with Crippen LogP contribution in [-0.2, 0) is 26.2 Å². The molecular weight excluding hydrogens is 481 g/mol. The summed E-state index contributed by atoms with van der Waals surface area (Å²) in [6.07, 6.45) is 0.946. The molecule has 0 aliphatic carbocycles. The molecule has 2 rings (SSSR count). The zero-order chi connectivity index (χ0) is 25.6. The topological polar surface area (TPSA) is 86.8 Å². The Kier molecular flexibility index (Phi) is 9.46. The quantitative estimate of drug-likeness (QED) is 0.526. The SMILES string of the molecule is Cc1ccccc1CN(C(=O)CN(c1ccc(F)c(Cl)c1)S(C)(=O)=O)[C@H](C)C(=O)NCC(C)C. The fraction of sp³-hybridized carbons (Fsp3) is 0.417. The fourth-order valence-corrected chi connectivity index (χ4v) is 4.28. The van der Waals surface area contributed by atoms with Crippen LogP contribution in [0.5, 0.6) is 0 Å². The Morgan fingerprint density at radius 1 is 1.12 bits per heavy atom. The third-order valence-corrected chi connectivity index (χ3v) is 6.75. The Morgan fingerprint density at radius 2 is 1.76 bits per heavy atom. The molecule has 2 aromatic carbocycles. The molecule has 0 aliphatic heterocycles. The first-order valence-electron chi connectivity index (χ1n) is 10.9. The molecule has 0 saturated heterocycles. The van der Waals surface area contributed by atoms with Crippen molar-refractivity contribution in [1.82, 2.24) is 10.2 Å². The first kappa shape index (κ1) is 27.6. The molecule has 0 unspecified atom stereocenters. The van der Waals surface area contributed by atoms with Crippen molar-refractivity contribution in [1.29, 1.82) is 0 Å². The van der Waals surface area contributed by atoms with Gasteiger partial charge in [-0.3, -0.25) is 13.9 Å². The molecule has 0 bridgehead atoms. The van der Waals surface area contributed by atoms with E-state index in [9.17, 15) is 22.4 Å². The summed E-state index contributed by atoms with van der Waals surface area (Å²) in [5.41, 5.74) is 1.81. The molecule has 0 heterocycles. The molecular formula is C24H31ClFN3O4S. The number of nitrogens with zero attached hydrogens (tertiary/aromatic N) is 2. The summed E-state index contributed by atoms with van der Waals surface area (Å²) in [6, 6.07) is 10.0. The van der Waals surface area contributed by atoms with Gasteiger partial charge in [-0.15, -0.1) is 0 Å². The van der Waals surface area contributed by atoms with Gasteiger partial charge in [0.2, 0.25) is 21.8 Å². The largest absolute Gasteiger partial charge is 0.354 e. The van der Waals surface area contributed by atoms with Crippen LogP contribution in [0.15, 0.2) is 42.5 Å². The lowest BCUT2D eigenvalue weighted by Crippen LogP contribution is -2.51. The van der Waals surface area contributed by atoms with E-state index in [1.165, 1.54) is 11.0 Å². The molecule has 2 aromatic rings. The number of anilines is 1. The van der Waals surface area contributed by atoms with Crippen LogP contribution in [0, 0.1) is 18.7 Å². The second-order valence-electron chi connectivity index (χ2n) is 8.63. The number of carbonyl (C=O) groups excluding carboxylic acids is 2. The number of benzene rings is 2. The van der Waals surface area contributed by atoms with Gasteiger partial charge in [0.1, 0.15) is 18.4 Å². The Bertz CT molecular complexity index is 1140. The molecule has 0 radical (unpaired) electrons. The van der Waals surface area contributed by atoms with E-state index in [4.69, 9.17) is 11.6 Å². The summed E-state index contributed by atoms with van der Waals surface area (Å²) in [4.78, 5) is 27.6. The maximum absolute atomic E-state index is 13.6. The van der Waals surface area contributed by atoms with Gasteiger partial charge in [-0.25, -0.2) is 12.8 Å². The number of hydrogen-bond acceptors (Lipinski definition) is 4. The van der Waals surface area contributed by atoms with E-state index in [2.05, 4.69) is 5.32 Å². The fourth-order valence-electron chi connectivity index (χ4n) is 3.26. The molecule has 10 heteroatoms. The van der Waals surface area contributed by atoms with E-state index in [1.807, 2.05) is 45.0 Å². The van der Waals surface area contributed by atoms with Gasteiger partial charge in [0.05, 0.1) is 17.0 Å². The van der Waals surface area contributed by atoms with Crippen LogP contribution in [-0.4, -0.2) is 50.5 Å². The standard InChI is InChI=1S/C24H31ClFN3O4S/c1-16(2)13-27-24(31)18(4)28(14-19-9-7-6-8-17(19)3)23(30)15-29(34(5,32)33)20-10-11-22(26)21(25)12-20/h6-12,16,18H,13-15H2,1-5H3,(H,27,31)/t18-/m1/s1. The maximum atomic E-state index is 13.6. The van der Waals surface area contributed by atoms with Gasteiger partial charge in [-0.1, -0.05) is 49.7 Å². The Morgan fingerprint density at radius 3 is 2.32 bits per heavy atom. The highest BCUT2D eigenvalue weighted by Crippen LogP contribution is 2.25. The minimum atomic E-state index is -3.92. The number of halogens is 2. The Balaban J connectivity index is 2.40.